The number of amidine groups is 1. The van der Waals surface area contributed by atoms with Gasteiger partial charge in [-0.15, -0.1) is 0 Å². The van der Waals surface area contributed by atoms with Crippen LogP contribution < -0.4 is 9.47 Å². The number of ether oxygens (including phenoxy) is 3. The number of aliphatic imine (C=N–C) groups is 1. The third-order valence-electron chi connectivity index (χ3n) is 5.67. The Bertz CT molecular complexity index is 1130. The largest absolute Gasteiger partial charge is 0.493 e. The van der Waals surface area contributed by atoms with Gasteiger partial charge in [-0.3, -0.25) is 9.69 Å². The molecule has 0 aromatic heterocycles. The molecule has 2 aliphatic rings. The number of amides is 1. The Kier molecular flexibility index (Phi) is 6.74. The number of hydrogen-bond donors (Lipinski definition) is 0. The van der Waals surface area contributed by atoms with Gasteiger partial charge in [0, 0.05) is 0 Å². The van der Waals surface area contributed by atoms with Gasteiger partial charge >= 0.3 is 5.97 Å². The lowest BCUT2D eigenvalue weighted by atomic mass is 9.94. The van der Waals surface area contributed by atoms with Crippen LogP contribution in [0.5, 0.6) is 11.5 Å². The van der Waals surface area contributed by atoms with Crippen molar-refractivity contribution < 1.29 is 23.8 Å². The zero-order valence-electron chi connectivity index (χ0n) is 19.0. The van der Waals surface area contributed by atoms with Crippen LogP contribution in [-0.2, 0) is 20.9 Å². The number of hydrogen-bond acceptors (Lipinski definition) is 7. The van der Waals surface area contributed by atoms with Crippen molar-refractivity contribution in [1.29, 1.82) is 0 Å². The first kappa shape index (κ1) is 22.9. The predicted octanol–water partition coefficient (Wildman–Crippen LogP) is 4.49. The van der Waals surface area contributed by atoms with Crippen molar-refractivity contribution in [1.82, 2.24) is 4.90 Å². The molecule has 0 spiro atoms. The van der Waals surface area contributed by atoms with Gasteiger partial charge in [-0.25, -0.2) is 9.79 Å². The average molecular weight is 467 g/mol. The molecule has 2 aromatic carbocycles. The number of rotatable bonds is 7. The van der Waals surface area contributed by atoms with E-state index in [1.807, 2.05) is 43.3 Å². The zero-order valence-corrected chi connectivity index (χ0v) is 19.8. The minimum absolute atomic E-state index is 0.0662. The smallest absolute Gasteiger partial charge is 0.338 e. The van der Waals surface area contributed by atoms with E-state index in [-0.39, 0.29) is 11.2 Å². The Balaban J connectivity index is 1.72. The molecular formula is C25H26N2O5S. The lowest BCUT2D eigenvalue weighted by molar-refractivity contribution is -0.137. The minimum Gasteiger partial charge on any atom is -0.493 e. The Labute approximate surface area is 197 Å². The van der Waals surface area contributed by atoms with Crippen molar-refractivity contribution in [3.8, 4) is 11.5 Å². The Morgan fingerprint density at radius 3 is 2.55 bits per heavy atom. The molecule has 0 saturated carbocycles. The quantitative estimate of drug-likeness (QED) is 0.560. The maximum atomic E-state index is 13.2. The maximum Gasteiger partial charge on any atom is 0.338 e. The average Bonchev–Trinajstić information content (AvgIpc) is 3.16. The van der Waals surface area contributed by atoms with Crippen molar-refractivity contribution in [2.45, 2.75) is 38.2 Å². The number of fused-ring (bicyclic) bond motifs is 1. The number of carbonyl (C=O) groups is 2. The number of allylic oxidation sites excluding steroid dienone is 1. The number of thioether (sulfide) groups is 1. The second kappa shape index (κ2) is 9.70. The molecule has 1 fully saturated rings. The number of nitrogens with zero attached hydrogens (tertiary/aromatic N) is 2. The van der Waals surface area contributed by atoms with Crippen LogP contribution in [0.3, 0.4) is 0 Å². The summed E-state index contributed by atoms with van der Waals surface area (Å²) in [5, 5.41) is 0.372. The Morgan fingerprint density at radius 1 is 1.12 bits per heavy atom. The van der Waals surface area contributed by atoms with Crippen LogP contribution in [-0.4, -0.2) is 41.4 Å². The predicted molar refractivity (Wildman–Crippen MR) is 127 cm³/mol. The van der Waals surface area contributed by atoms with Crippen molar-refractivity contribution in [3.05, 3.63) is 70.9 Å². The second-order valence-electron chi connectivity index (χ2n) is 7.70. The number of benzene rings is 2. The number of methoxy groups -OCH3 is 2. The van der Waals surface area contributed by atoms with Gasteiger partial charge < -0.3 is 14.2 Å². The monoisotopic (exact) mass is 466 g/mol. The van der Waals surface area contributed by atoms with Gasteiger partial charge in [-0.1, -0.05) is 55.1 Å². The third-order valence-corrected chi connectivity index (χ3v) is 6.99. The summed E-state index contributed by atoms with van der Waals surface area (Å²) < 4.78 is 16.6. The molecule has 0 aliphatic carbocycles. The van der Waals surface area contributed by atoms with Crippen molar-refractivity contribution >= 4 is 28.8 Å². The van der Waals surface area contributed by atoms with Crippen LogP contribution in [0.4, 0.5) is 0 Å². The summed E-state index contributed by atoms with van der Waals surface area (Å²) >= 11 is 1.43. The number of carbonyl (C=O) groups excluding carboxylic acids is 2. The van der Waals surface area contributed by atoms with E-state index < -0.39 is 12.0 Å². The van der Waals surface area contributed by atoms with Crippen LogP contribution >= 0.6 is 11.8 Å². The maximum absolute atomic E-state index is 13.2. The van der Waals surface area contributed by atoms with E-state index in [0.29, 0.717) is 41.0 Å². The Morgan fingerprint density at radius 2 is 1.88 bits per heavy atom. The molecular weight excluding hydrogens is 440 g/mol. The topological polar surface area (TPSA) is 77.4 Å². The normalized spacial score (nSPS) is 19.8. The van der Waals surface area contributed by atoms with E-state index in [2.05, 4.69) is 4.99 Å². The van der Waals surface area contributed by atoms with Gasteiger partial charge in [-0.05, 0) is 36.6 Å². The van der Waals surface area contributed by atoms with Crippen molar-refractivity contribution in [3.63, 3.8) is 0 Å². The van der Waals surface area contributed by atoms with E-state index in [4.69, 9.17) is 14.2 Å². The summed E-state index contributed by atoms with van der Waals surface area (Å²) in [6, 6.07) is 14.6. The molecule has 2 atom stereocenters. The van der Waals surface area contributed by atoms with Gasteiger partial charge in [0.25, 0.3) is 0 Å². The molecule has 33 heavy (non-hydrogen) atoms. The summed E-state index contributed by atoms with van der Waals surface area (Å²) in [6.07, 6.45) is 0.675. The first-order valence-electron chi connectivity index (χ1n) is 10.7. The fourth-order valence-corrected chi connectivity index (χ4v) is 5.12. The Hall–Kier alpha value is -3.26. The molecule has 2 aliphatic heterocycles. The SMILES string of the molecule is CC[C@H]1SC2=NC(C)=C(C(=O)OC)[C@H](c3ccc(OCc4ccccc4)c(OC)c3)N2C1=O. The number of esters is 1. The van der Waals surface area contributed by atoms with Crippen molar-refractivity contribution in [2.75, 3.05) is 14.2 Å². The van der Waals surface area contributed by atoms with E-state index in [1.165, 1.54) is 18.9 Å². The molecule has 4 rings (SSSR count). The highest BCUT2D eigenvalue weighted by atomic mass is 32.2. The highest BCUT2D eigenvalue weighted by Crippen LogP contribution is 2.45. The van der Waals surface area contributed by atoms with Gasteiger partial charge in [0.1, 0.15) is 6.61 Å². The van der Waals surface area contributed by atoms with Gasteiger partial charge in [0.15, 0.2) is 16.7 Å². The lowest BCUT2D eigenvalue weighted by Gasteiger charge is -2.33. The van der Waals surface area contributed by atoms with E-state index in [1.54, 1.807) is 31.1 Å². The van der Waals surface area contributed by atoms with Gasteiger partial charge in [-0.2, -0.15) is 0 Å². The summed E-state index contributed by atoms with van der Waals surface area (Å²) in [7, 11) is 2.89. The summed E-state index contributed by atoms with van der Waals surface area (Å²) in [5.74, 6) is 0.509. The molecule has 0 N–H and O–H groups in total. The molecule has 0 radical (unpaired) electrons. The highest BCUT2D eigenvalue weighted by Gasteiger charge is 2.47. The van der Waals surface area contributed by atoms with Crippen LogP contribution in [0.15, 0.2) is 64.8 Å². The zero-order chi connectivity index (χ0) is 23.5. The van der Waals surface area contributed by atoms with Gasteiger partial charge in [0.2, 0.25) is 5.91 Å². The minimum atomic E-state index is -0.654. The molecule has 172 valence electrons. The molecule has 8 heteroatoms. The summed E-state index contributed by atoms with van der Waals surface area (Å²) in [5.41, 5.74) is 2.64. The fourth-order valence-electron chi connectivity index (χ4n) is 3.98. The molecule has 0 bridgehead atoms. The van der Waals surface area contributed by atoms with Crippen LogP contribution in [0.1, 0.15) is 37.4 Å². The fraction of sp³-hybridized carbons (Fsp3) is 0.320. The molecule has 2 heterocycles. The van der Waals surface area contributed by atoms with E-state index in [0.717, 1.165) is 11.1 Å². The molecule has 0 unspecified atom stereocenters. The van der Waals surface area contributed by atoms with Crippen LogP contribution in [0, 0.1) is 0 Å². The standard InChI is InChI=1S/C25H26N2O5S/c1-5-20-23(28)27-22(21(24(29)31-4)15(2)26-25(27)33-20)17-11-12-18(19(13-17)30-3)32-14-16-9-7-6-8-10-16/h6-13,20,22H,5,14H2,1-4H3/t20-,22+/m1/s1. The highest BCUT2D eigenvalue weighted by molar-refractivity contribution is 8.15. The second-order valence-corrected chi connectivity index (χ2v) is 8.87. The first-order chi connectivity index (χ1) is 16.0. The summed E-state index contributed by atoms with van der Waals surface area (Å²) in [6.45, 7) is 4.12. The van der Waals surface area contributed by atoms with Crippen LogP contribution in [0.25, 0.3) is 0 Å². The molecule has 2 aromatic rings. The van der Waals surface area contributed by atoms with E-state index in [9.17, 15) is 9.59 Å². The van der Waals surface area contributed by atoms with Crippen molar-refractivity contribution in [2.24, 2.45) is 4.99 Å². The molecule has 7 nitrogen and oxygen atoms in total. The molecule has 1 saturated heterocycles. The third kappa shape index (κ3) is 4.35. The van der Waals surface area contributed by atoms with Gasteiger partial charge in [0.05, 0.1) is 36.8 Å². The lowest BCUT2D eigenvalue weighted by Crippen LogP contribution is -2.40. The summed E-state index contributed by atoms with van der Waals surface area (Å²) in [4.78, 5) is 32.1. The van der Waals surface area contributed by atoms with E-state index >= 15 is 0 Å². The molecule has 1 amide bonds. The first-order valence-corrected chi connectivity index (χ1v) is 11.6. The van der Waals surface area contributed by atoms with Crippen LogP contribution in [0.2, 0.25) is 0 Å².